The quantitative estimate of drug-likeness (QED) is 0.0440. The zero-order valence-electron chi connectivity index (χ0n) is 28.6. The number of ether oxygens (including phenoxy) is 2. The average molecular weight is 629 g/mol. The molecule has 0 aromatic heterocycles. The molecule has 8 nitrogen and oxygen atoms in total. The molecule has 0 aliphatic heterocycles. The van der Waals surface area contributed by atoms with Crippen molar-refractivity contribution in [2.45, 2.75) is 182 Å². The molecule has 0 aliphatic carbocycles. The molecule has 2 atom stereocenters. The van der Waals surface area contributed by atoms with Crippen LogP contribution in [0.3, 0.4) is 0 Å². The van der Waals surface area contributed by atoms with Crippen LogP contribution < -0.4 is 0 Å². The van der Waals surface area contributed by atoms with Crippen molar-refractivity contribution in [2.24, 2.45) is 0 Å². The van der Waals surface area contributed by atoms with Gasteiger partial charge < -0.3 is 18.5 Å². The Hall–Kier alpha value is -1.26. The third kappa shape index (κ3) is 24.7. The smallest absolute Gasteiger partial charge is 0.306 e. The van der Waals surface area contributed by atoms with Crippen LogP contribution in [0.4, 0.5) is 0 Å². The van der Waals surface area contributed by atoms with Gasteiger partial charge in [0.15, 0.2) is 6.10 Å². The zero-order valence-corrected chi connectivity index (χ0v) is 29.5. The second-order valence-electron chi connectivity index (χ2n) is 12.1. The molecular weight excluding hydrogens is 563 g/mol. The van der Waals surface area contributed by atoms with Crippen molar-refractivity contribution in [1.29, 1.82) is 5.26 Å². The number of esters is 2. The minimum absolute atomic E-state index is 0.0439. The molecule has 0 bridgehead atoms. The molecule has 0 spiro atoms. The Morgan fingerprint density at radius 3 is 1.65 bits per heavy atom. The first-order valence-electron chi connectivity index (χ1n) is 17.3. The van der Waals surface area contributed by atoms with Crippen molar-refractivity contribution >= 4 is 20.5 Å². The van der Waals surface area contributed by atoms with E-state index in [1.54, 1.807) is 0 Å². The summed E-state index contributed by atoms with van der Waals surface area (Å²) in [5, 5.41) is 8.93. The lowest BCUT2D eigenvalue weighted by molar-refractivity contribution is -0.161. The van der Waals surface area contributed by atoms with E-state index in [4.69, 9.17) is 23.8 Å². The fraction of sp³-hybridized carbons (Fsp3) is 0.912. The maximum atomic E-state index is 12.4. The van der Waals surface area contributed by atoms with Gasteiger partial charge in [-0.05, 0) is 40.5 Å². The summed E-state index contributed by atoms with van der Waals surface area (Å²) in [5.74, 6) is -0.612. The average Bonchev–Trinajstić information content (AvgIpc) is 2.96. The van der Waals surface area contributed by atoms with E-state index >= 15 is 0 Å². The Balaban J connectivity index is 4.39. The van der Waals surface area contributed by atoms with Crippen molar-refractivity contribution < 1.29 is 28.1 Å². The van der Waals surface area contributed by atoms with Crippen molar-refractivity contribution in [1.82, 2.24) is 4.67 Å². The minimum Gasteiger partial charge on any atom is -0.462 e. The Morgan fingerprint density at radius 2 is 1.19 bits per heavy atom. The Morgan fingerprint density at radius 1 is 0.674 bits per heavy atom. The standard InChI is InChI=1S/C34H65N2O6P/c1-7-9-10-11-12-13-14-15-16-17-18-19-20-21-22-25-33(37)39-28-32(42-34(38)24-8-2)29-41-43(40-27-23-26-35)36(30(3)4)31(5)6/h30-32H,7-25,27-29H2,1-6H3/t32-,43?/m1/s1. The van der Waals surface area contributed by atoms with Crippen LogP contribution in [-0.2, 0) is 28.1 Å². The molecular formula is C34H65N2O6P. The lowest BCUT2D eigenvalue weighted by Gasteiger charge is -2.36. The van der Waals surface area contributed by atoms with Gasteiger partial charge in [-0.3, -0.25) is 9.59 Å². The summed E-state index contributed by atoms with van der Waals surface area (Å²) in [6.07, 6.45) is 20.1. The van der Waals surface area contributed by atoms with Crippen LogP contribution >= 0.6 is 8.53 Å². The summed E-state index contributed by atoms with van der Waals surface area (Å²) in [5.41, 5.74) is 0. The first-order chi connectivity index (χ1) is 20.8. The highest BCUT2D eigenvalue weighted by molar-refractivity contribution is 7.44. The van der Waals surface area contributed by atoms with Gasteiger partial charge >= 0.3 is 11.9 Å². The van der Waals surface area contributed by atoms with E-state index in [9.17, 15) is 9.59 Å². The fourth-order valence-electron chi connectivity index (χ4n) is 4.92. The van der Waals surface area contributed by atoms with Gasteiger partial charge in [-0.15, -0.1) is 0 Å². The van der Waals surface area contributed by atoms with E-state index in [2.05, 4.69) is 45.4 Å². The van der Waals surface area contributed by atoms with Crippen LogP contribution in [0, 0.1) is 11.3 Å². The molecule has 0 saturated heterocycles. The van der Waals surface area contributed by atoms with Crippen LogP contribution in [0.1, 0.15) is 164 Å². The first kappa shape index (κ1) is 41.7. The molecule has 0 aliphatic rings. The van der Waals surface area contributed by atoms with Gasteiger partial charge in [0.2, 0.25) is 0 Å². The van der Waals surface area contributed by atoms with Crippen LogP contribution in [0.15, 0.2) is 0 Å². The van der Waals surface area contributed by atoms with Crippen molar-refractivity contribution in [3.05, 3.63) is 0 Å². The highest BCUT2D eigenvalue weighted by atomic mass is 31.2. The van der Waals surface area contributed by atoms with E-state index in [0.717, 1.165) is 19.3 Å². The Bertz CT molecular complexity index is 707. The first-order valence-corrected chi connectivity index (χ1v) is 18.5. The van der Waals surface area contributed by atoms with Crippen molar-refractivity contribution in [2.75, 3.05) is 19.8 Å². The molecule has 252 valence electrons. The Labute approximate surface area is 265 Å². The lowest BCUT2D eigenvalue weighted by atomic mass is 10.0. The van der Waals surface area contributed by atoms with Gasteiger partial charge in [0.1, 0.15) is 6.61 Å². The predicted octanol–water partition coefficient (Wildman–Crippen LogP) is 9.80. The third-order valence-corrected chi connectivity index (χ3v) is 9.27. The summed E-state index contributed by atoms with van der Waals surface area (Å²) < 4.78 is 25.3. The summed E-state index contributed by atoms with van der Waals surface area (Å²) in [7, 11) is -1.48. The fourth-order valence-corrected chi connectivity index (χ4v) is 6.56. The monoisotopic (exact) mass is 628 g/mol. The number of nitriles is 1. The van der Waals surface area contributed by atoms with Gasteiger partial charge in [-0.25, -0.2) is 4.67 Å². The highest BCUT2D eigenvalue weighted by Gasteiger charge is 2.29. The topological polar surface area (TPSA) is 98.1 Å². The number of rotatable bonds is 30. The molecule has 0 N–H and O–H groups in total. The Kier molecular flexibility index (Phi) is 28.6. The molecule has 0 fully saturated rings. The largest absolute Gasteiger partial charge is 0.462 e. The van der Waals surface area contributed by atoms with E-state index in [-0.39, 0.29) is 50.3 Å². The van der Waals surface area contributed by atoms with E-state index in [0.29, 0.717) is 19.3 Å². The van der Waals surface area contributed by atoms with Crippen LogP contribution in [-0.4, -0.2) is 54.6 Å². The molecule has 0 aromatic carbocycles. The summed E-state index contributed by atoms with van der Waals surface area (Å²) in [4.78, 5) is 24.7. The lowest BCUT2D eigenvalue weighted by Crippen LogP contribution is -2.35. The number of nitrogens with zero attached hydrogens (tertiary/aromatic N) is 2. The van der Waals surface area contributed by atoms with Gasteiger partial charge in [0.05, 0.1) is 25.7 Å². The van der Waals surface area contributed by atoms with Gasteiger partial charge in [-0.1, -0.05) is 104 Å². The highest BCUT2D eigenvalue weighted by Crippen LogP contribution is 2.46. The van der Waals surface area contributed by atoms with Crippen LogP contribution in [0.5, 0.6) is 0 Å². The van der Waals surface area contributed by atoms with Crippen LogP contribution in [0.2, 0.25) is 0 Å². The number of carbonyl (C=O) groups is 2. The molecule has 43 heavy (non-hydrogen) atoms. The molecule has 0 saturated carbocycles. The molecule has 0 aromatic rings. The predicted molar refractivity (Wildman–Crippen MR) is 176 cm³/mol. The SMILES string of the molecule is CCCCCCCCCCCCCCCCCC(=O)OC[C@H](COP(OCCC#N)N(C(C)C)C(C)C)OC(=O)CCC. The summed E-state index contributed by atoms with van der Waals surface area (Å²) in [6.45, 7) is 12.7. The number of hydrogen-bond donors (Lipinski definition) is 0. The molecule has 1 unspecified atom stereocenters. The molecule has 0 heterocycles. The van der Waals surface area contributed by atoms with Crippen molar-refractivity contribution in [3.63, 3.8) is 0 Å². The second kappa shape index (κ2) is 29.5. The molecule has 9 heteroatoms. The molecule has 0 rings (SSSR count). The zero-order chi connectivity index (χ0) is 32.1. The molecule has 0 amide bonds. The van der Waals surface area contributed by atoms with Gasteiger partial charge in [0, 0.05) is 24.9 Å². The van der Waals surface area contributed by atoms with Gasteiger partial charge in [-0.2, -0.15) is 5.26 Å². The number of hydrogen-bond acceptors (Lipinski definition) is 8. The van der Waals surface area contributed by atoms with E-state index < -0.39 is 14.6 Å². The van der Waals surface area contributed by atoms with Crippen LogP contribution in [0.25, 0.3) is 0 Å². The number of unbranched alkanes of at least 4 members (excludes halogenated alkanes) is 14. The third-order valence-electron chi connectivity index (χ3n) is 7.20. The second-order valence-corrected chi connectivity index (χ2v) is 13.5. The minimum atomic E-state index is -1.48. The summed E-state index contributed by atoms with van der Waals surface area (Å²) >= 11 is 0. The van der Waals surface area contributed by atoms with Crippen molar-refractivity contribution in [3.8, 4) is 6.07 Å². The normalized spacial score (nSPS) is 12.9. The maximum Gasteiger partial charge on any atom is 0.306 e. The van der Waals surface area contributed by atoms with Gasteiger partial charge in [0.25, 0.3) is 8.53 Å². The van der Waals surface area contributed by atoms with E-state index in [1.807, 2.05) is 6.92 Å². The number of carbonyl (C=O) groups excluding carboxylic acids is 2. The maximum absolute atomic E-state index is 12.4. The summed E-state index contributed by atoms with van der Waals surface area (Å²) in [6, 6.07) is 2.40. The molecule has 0 radical (unpaired) electrons. The van der Waals surface area contributed by atoms with E-state index in [1.165, 1.54) is 77.0 Å².